The quantitative estimate of drug-likeness (QED) is 0.471. The first-order chi connectivity index (χ1) is 11.9. The third kappa shape index (κ3) is 7.41. The zero-order chi connectivity index (χ0) is 18.8. The number of carbonyl (C=O) groups excluding carboxylic acids is 1. The lowest BCUT2D eigenvalue weighted by Gasteiger charge is -2.23. The lowest BCUT2D eigenvalue weighted by Crippen LogP contribution is -2.40. The molecule has 2 atom stereocenters. The molecule has 1 aromatic rings. The zero-order valence-corrected chi connectivity index (χ0v) is 15.1. The predicted octanol–water partition coefficient (Wildman–Crippen LogP) is 2.81. The highest BCUT2D eigenvalue weighted by Gasteiger charge is 2.19. The van der Waals surface area contributed by atoms with Crippen molar-refractivity contribution in [1.82, 2.24) is 5.32 Å². The molecule has 0 aliphatic rings. The lowest BCUT2D eigenvalue weighted by atomic mass is 10.0. The van der Waals surface area contributed by atoms with Crippen LogP contribution in [0.25, 0.3) is 6.08 Å². The number of methoxy groups -OCH3 is 1. The average Bonchev–Trinajstić information content (AvgIpc) is 2.56. The molecule has 0 radical (unpaired) electrons. The first-order valence-electron chi connectivity index (χ1n) is 8.22. The highest BCUT2D eigenvalue weighted by atomic mass is 16.5. The Bertz CT molecular complexity index is 599. The third-order valence-corrected chi connectivity index (χ3v) is 3.47. The molecule has 0 saturated carbocycles. The number of aliphatic hydroxyl groups is 1. The van der Waals surface area contributed by atoms with Gasteiger partial charge in [-0.15, -0.1) is 6.58 Å². The summed E-state index contributed by atoms with van der Waals surface area (Å²) in [6.07, 6.45) is 4.09. The van der Waals surface area contributed by atoms with Crippen LogP contribution in [-0.2, 0) is 11.2 Å². The first kappa shape index (κ1) is 20.7. The van der Waals surface area contributed by atoms with Crippen molar-refractivity contribution in [2.45, 2.75) is 39.0 Å². The van der Waals surface area contributed by atoms with Crippen LogP contribution in [0.3, 0.4) is 0 Å². The molecule has 0 heterocycles. The van der Waals surface area contributed by atoms with Crippen LogP contribution in [0.15, 0.2) is 37.1 Å². The molecule has 0 aliphatic carbocycles. The molecule has 0 spiro atoms. The summed E-state index contributed by atoms with van der Waals surface area (Å²) in [7, 11) is 1.30. The van der Waals surface area contributed by atoms with Gasteiger partial charge >= 0.3 is 6.09 Å². The number of hydrogen-bond donors (Lipinski definition) is 3. The van der Waals surface area contributed by atoms with E-state index in [9.17, 15) is 9.90 Å². The maximum atomic E-state index is 11.0. The van der Waals surface area contributed by atoms with Crippen molar-refractivity contribution in [1.29, 1.82) is 0 Å². The van der Waals surface area contributed by atoms with Gasteiger partial charge < -0.3 is 14.6 Å². The van der Waals surface area contributed by atoms with Gasteiger partial charge in [0, 0.05) is 6.20 Å². The smallest absolute Gasteiger partial charge is 0.410 e. The molecule has 138 valence electrons. The molecular weight excluding hydrogens is 320 g/mol. The standard InChI is InChI=1S/C19H28N2O4/c1-5-6-15-12-14(9-10-21-19(23)24-4)7-8-17(15)25-18(20)16(22)11-13(2)3/h5,7-10,12-13,16,18,22H,1,6,11,20H2,2-4H3,(H,21,23)/b10-9+. The van der Waals surface area contributed by atoms with Crippen molar-refractivity contribution in [3.8, 4) is 5.75 Å². The zero-order valence-electron chi connectivity index (χ0n) is 15.1. The van der Waals surface area contributed by atoms with Crippen LogP contribution < -0.4 is 15.8 Å². The van der Waals surface area contributed by atoms with E-state index in [1.807, 2.05) is 26.0 Å². The molecule has 6 heteroatoms. The number of carbonyl (C=O) groups is 1. The molecular formula is C19H28N2O4. The molecule has 0 aliphatic heterocycles. The van der Waals surface area contributed by atoms with Gasteiger partial charge in [0.15, 0.2) is 6.23 Å². The van der Waals surface area contributed by atoms with E-state index in [0.29, 0.717) is 24.5 Å². The van der Waals surface area contributed by atoms with Gasteiger partial charge in [0.05, 0.1) is 7.11 Å². The van der Waals surface area contributed by atoms with Crippen molar-refractivity contribution >= 4 is 12.2 Å². The number of allylic oxidation sites excluding steroid dienone is 1. The van der Waals surface area contributed by atoms with Crippen molar-refractivity contribution in [2.24, 2.45) is 11.7 Å². The number of alkyl carbamates (subject to hydrolysis) is 1. The van der Waals surface area contributed by atoms with Crippen molar-refractivity contribution in [2.75, 3.05) is 7.11 Å². The van der Waals surface area contributed by atoms with Gasteiger partial charge in [0.1, 0.15) is 11.9 Å². The van der Waals surface area contributed by atoms with Crippen molar-refractivity contribution in [3.63, 3.8) is 0 Å². The summed E-state index contributed by atoms with van der Waals surface area (Å²) in [4.78, 5) is 11.0. The number of nitrogens with two attached hydrogens (primary N) is 1. The van der Waals surface area contributed by atoms with E-state index in [1.54, 1.807) is 18.2 Å². The van der Waals surface area contributed by atoms with E-state index in [0.717, 1.165) is 11.1 Å². The summed E-state index contributed by atoms with van der Waals surface area (Å²) in [6, 6.07) is 5.53. The predicted molar refractivity (Wildman–Crippen MR) is 99.0 cm³/mol. The largest absolute Gasteiger partial charge is 0.473 e. The van der Waals surface area contributed by atoms with E-state index in [4.69, 9.17) is 10.5 Å². The Morgan fingerprint density at radius 3 is 2.76 bits per heavy atom. The van der Waals surface area contributed by atoms with E-state index in [1.165, 1.54) is 13.3 Å². The highest BCUT2D eigenvalue weighted by Crippen LogP contribution is 2.23. The molecule has 0 aromatic heterocycles. The van der Waals surface area contributed by atoms with Gasteiger partial charge in [-0.05, 0) is 48.1 Å². The molecule has 0 fully saturated rings. The van der Waals surface area contributed by atoms with Gasteiger partial charge in [-0.3, -0.25) is 11.1 Å². The minimum Gasteiger partial charge on any atom is -0.473 e. The monoisotopic (exact) mass is 348 g/mol. The number of hydrogen-bond acceptors (Lipinski definition) is 5. The second-order valence-corrected chi connectivity index (χ2v) is 6.11. The van der Waals surface area contributed by atoms with Crippen LogP contribution in [0.4, 0.5) is 4.79 Å². The Morgan fingerprint density at radius 2 is 2.16 bits per heavy atom. The fourth-order valence-corrected chi connectivity index (χ4v) is 2.24. The van der Waals surface area contributed by atoms with E-state index in [-0.39, 0.29) is 0 Å². The number of aliphatic hydroxyl groups excluding tert-OH is 1. The molecule has 6 nitrogen and oxygen atoms in total. The van der Waals surface area contributed by atoms with E-state index in [2.05, 4.69) is 16.6 Å². The molecule has 0 bridgehead atoms. The highest BCUT2D eigenvalue weighted by molar-refractivity contribution is 5.69. The third-order valence-electron chi connectivity index (χ3n) is 3.47. The van der Waals surface area contributed by atoms with Gasteiger partial charge in [0.2, 0.25) is 0 Å². The van der Waals surface area contributed by atoms with Gasteiger partial charge in [-0.2, -0.15) is 0 Å². The maximum Gasteiger partial charge on any atom is 0.410 e. The molecule has 1 amide bonds. The minimum absolute atomic E-state index is 0.326. The Balaban J connectivity index is 2.86. The Morgan fingerprint density at radius 1 is 1.44 bits per heavy atom. The topological polar surface area (TPSA) is 93.8 Å². The normalized spacial score (nSPS) is 13.5. The molecule has 25 heavy (non-hydrogen) atoms. The number of rotatable bonds is 9. The summed E-state index contributed by atoms with van der Waals surface area (Å²) < 4.78 is 10.2. The van der Waals surface area contributed by atoms with Crippen molar-refractivity contribution < 1.29 is 19.4 Å². The van der Waals surface area contributed by atoms with Crippen molar-refractivity contribution in [3.05, 3.63) is 48.2 Å². The fraction of sp³-hybridized carbons (Fsp3) is 0.421. The summed E-state index contributed by atoms with van der Waals surface area (Å²) in [6.45, 7) is 7.78. The van der Waals surface area contributed by atoms with Crippen LogP contribution >= 0.6 is 0 Å². The van der Waals surface area contributed by atoms with E-state index >= 15 is 0 Å². The van der Waals surface area contributed by atoms with Crippen LogP contribution in [0.1, 0.15) is 31.4 Å². The summed E-state index contributed by atoms with van der Waals surface area (Å²) >= 11 is 0. The van der Waals surface area contributed by atoms with Gasteiger partial charge in [-0.25, -0.2) is 4.79 Å². The Labute approximate surface area is 149 Å². The van der Waals surface area contributed by atoms with Crippen LogP contribution in [0, 0.1) is 5.92 Å². The fourth-order valence-electron chi connectivity index (χ4n) is 2.24. The Kier molecular flexibility index (Phi) is 8.74. The molecule has 1 rings (SSSR count). The molecule has 4 N–H and O–H groups in total. The number of ether oxygens (including phenoxy) is 2. The molecule has 1 aromatic carbocycles. The van der Waals surface area contributed by atoms with Gasteiger partial charge in [0.25, 0.3) is 0 Å². The second-order valence-electron chi connectivity index (χ2n) is 6.11. The number of benzene rings is 1. The van der Waals surface area contributed by atoms with Crippen LogP contribution in [0.5, 0.6) is 5.75 Å². The first-order valence-corrected chi connectivity index (χ1v) is 8.22. The lowest BCUT2D eigenvalue weighted by molar-refractivity contribution is 0.0264. The summed E-state index contributed by atoms with van der Waals surface area (Å²) in [5.74, 6) is 0.931. The molecule has 0 saturated heterocycles. The number of amides is 1. The second kappa shape index (κ2) is 10.5. The molecule has 2 unspecified atom stereocenters. The number of nitrogens with one attached hydrogen (secondary N) is 1. The summed E-state index contributed by atoms with van der Waals surface area (Å²) in [5.41, 5.74) is 7.72. The SMILES string of the molecule is C=CCc1cc(/C=C/NC(=O)OC)ccc1OC(N)C(O)CC(C)C. The minimum atomic E-state index is -0.798. The summed E-state index contributed by atoms with van der Waals surface area (Å²) in [5, 5.41) is 12.5. The Hall–Kier alpha value is -2.31. The van der Waals surface area contributed by atoms with Crippen LogP contribution in [0.2, 0.25) is 0 Å². The van der Waals surface area contributed by atoms with E-state index < -0.39 is 18.4 Å². The van der Waals surface area contributed by atoms with Gasteiger partial charge in [-0.1, -0.05) is 26.0 Å². The van der Waals surface area contributed by atoms with Crippen LogP contribution in [-0.4, -0.2) is 30.6 Å². The average molecular weight is 348 g/mol. The maximum absolute atomic E-state index is 11.0.